The van der Waals surface area contributed by atoms with Crippen LogP contribution in [0.25, 0.3) is 0 Å². The van der Waals surface area contributed by atoms with Gasteiger partial charge >= 0.3 is 0 Å². The Hall–Kier alpha value is -1.85. The van der Waals surface area contributed by atoms with Crippen LogP contribution in [0.2, 0.25) is 19.1 Å². The molecule has 0 heterocycles. The molecule has 22 heavy (non-hydrogen) atoms. The van der Waals surface area contributed by atoms with Crippen molar-refractivity contribution in [2.75, 3.05) is 0 Å². The first-order valence-electron chi connectivity index (χ1n) is 8.03. The van der Waals surface area contributed by atoms with Crippen LogP contribution < -0.4 is 5.19 Å². The SMILES string of the molecule is Cc1ccc(CCC[Si](C)(C)c2ccc(CC#N)cc2)cc1. The number of hydrogen-bond acceptors (Lipinski definition) is 1. The monoisotopic (exact) mass is 307 g/mol. The minimum atomic E-state index is -1.37. The molecule has 0 aliphatic rings. The van der Waals surface area contributed by atoms with Crippen molar-refractivity contribution in [3.05, 3.63) is 65.2 Å². The van der Waals surface area contributed by atoms with Gasteiger partial charge in [0.15, 0.2) is 0 Å². The predicted octanol–water partition coefficient (Wildman–Crippen LogP) is 4.61. The van der Waals surface area contributed by atoms with E-state index in [0.717, 1.165) is 5.56 Å². The highest BCUT2D eigenvalue weighted by atomic mass is 28.3. The lowest BCUT2D eigenvalue weighted by Gasteiger charge is -2.23. The number of nitriles is 1. The van der Waals surface area contributed by atoms with Gasteiger partial charge in [-0.3, -0.25) is 0 Å². The van der Waals surface area contributed by atoms with Gasteiger partial charge in [-0.1, -0.05) is 84.8 Å². The summed E-state index contributed by atoms with van der Waals surface area (Å²) >= 11 is 0. The van der Waals surface area contributed by atoms with Crippen LogP contribution in [0, 0.1) is 18.3 Å². The van der Waals surface area contributed by atoms with Crippen LogP contribution >= 0.6 is 0 Å². The van der Waals surface area contributed by atoms with Crippen LogP contribution in [0.4, 0.5) is 0 Å². The molecular formula is C20H25NSi. The molecule has 0 atom stereocenters. The van der Waals surface area contributed by atoms with E-state index in [2.05, 4.69) is 74.6 Å². The summed E-state index contributed by atoms with van der Waals surface area (Å²) in [6.45, 7) is 7.03. The van der Waals surface area contributed by atoms with Gasteiger partial charge in [-0.25, -0.2) is 0 Å². The highest BCUT2D eigenvalue weighted by Gasteiger charge is 2.22. The van der Waals surface area contributed by atoms with Gasteiger partial charge in [0, 0.05) is 0 Å². The van der Waals surface area contributed by atoms with Crippen molar-refractivity contribution in [1.29, 1.82) is 5.26 Å². The van der Waals surface area contributed by atoms with E-state index in [0.29, 0.717) is 6.42 Å². The Morgan fingerprint density at radius 3 is 2.09 bits per heavy atom. The molecule has 0 saturated heterocycles. The maximum absolute atomic E-state index is 8.75. The molecule has 0 N–H and O–H groups in total. The summed E-state index contributed by atoms with van der Waals surface area (Å²) in [5, 5.41) is 10.2. The zero-order valence-electron chi connectivity index (χ0n) is 13.9. The lowest BCUT2D eigenvalue weighted by molar-refractivity contribution is 0.903. The third kappa shape index (κ3) is 4.58. The highest BCUT2D eigenvalue weighted by Crippen LogP contribution is 2.16. The molecule has 0 aromatic heterocycles. The van der Waals surface area contributed by atoms with Crippen molar-refractivity contribution in [2.24, 2.45) is 0 Å². The smallest absolute Gasteiger partial charge is 0.0806 e. The summed E-state index contributed by atoms with van der Waals surface area (Å²) in [5.74, 6) is 0. The van der Waals surface area contributed by atoms with Crippen molar-refractivity contribution in [3.63, 3.8) is 0 Å². The first-order valence-corrected chi connectivity index (χ1v) is 11.2. The number of nitrogens with zero attached hydrogens (tertiary/aromatic N) is 1. The van der Waals surface area contributed by atoms with Gasteiger partial charge in [0.25, 0.3) is 0 Å². The molecule has 0 fully saturated rings. The molecule has 0 bridgehead atoms. The van der Waals surface area contributed by atoms with Crippen LogP contribution in [-0.4, -0.2) is 8.07 Å². The molecular weight excluding hydrogens is 282 g/mol. The molecule has 0 aliphatic heterocycles. The minimum absolute atomic E-state index is 0.510. The van der Waals surface area contributed by atoms with Crippen molar-refractivity contribution in [2.45, 2.75) is 45.3 Å². The maximum Gasteiger partial charge on any atom is 0.0806 e. The van der Waals surface area contributed by atoms with E-state index in [1.807, 2.05) is 0 Å². The van der Waals surface area contributed by atoms with Crippen LogP contribution in [0.1, 0.15) is 23.1 Å². The maximum atomic E-state index is 8.75. The average molecular weight is 308 g/mol. The summed E-state index contributed by atoms with van der Waals surface area (Å²) < 4.78 is 0. The summed E-state index contributed by atoms with van der Waals surface area (Å²) in [4.78, 5) is 0. The molecule has 114 valence electrons. The van der Waals surface area contributed by atoms with Gasteiger partial charge in [-0.05, 0) is 24.5 Å². The fraction of sp³-hybridized carbons (Fsp3) is 0.350. The Morgan fingerprint density at radius 1 is 0.909 bits per heavy atom. The summed E-state index contributed by atoms with van der Waals surface area (Å²) in [7, 11) is -1.37. The fourth-order valence-electron chi connectivity index (χ4n) is 2.80. The van der Waals surface area contributed by atoms with Gasteiger partial charge in [-0.15, -0.1) is 0 Å². The molecule has 0 spiro atoms. The Bertz CT molecular complexity index is 633. The van der Waals surface area contributed by atoms with Gasteiger partial charge < -0.3 is 0 Å². The van der Waals surface area contributed by atoms with Gasteiger partial charge in [0.2, 0.25) is 0 Å². The molecule has 2 aromatic rings. The topological polar surface area (TPSA) is 23.8 Å². The largest absolute Gasteiger partial charge is 0.198 e. The van der Waals surface area contributed by atoms with Crippen molar-refractivity contribution in [1.82, 2.24) is 0 Å². The molecule has 1 nitrogen and oxygen atoms in total. The normalized spacial score (nSPS) is 11.2. The molecule has 0 radical (unpaired) electrons. The lowest BCUT2D eigenvalue weighted by Crippen LogP contribution is -2.41. The second-order valence-electron chi connectivity index (χ2n) is 6.75. The molecule has 2 heteroatoms. The van der Waals surface area contributed by atoms with E-state index in [-0.39, 0.29) is 0 Å². The third-order valence-corrected chi connectivity index (χ3v) is 7.91. The number of aryl methyl sites for hydroxylation is 2. The second-order valence-corrected chi connectivity index (χ2v) is 11.6. The fourth-order valence-corrected chi connectivity index (χ4v) is 5.22. The van der Waals surface area contributed by atoms with Crippen molar-refractivity contribution < 1.29 is 0 Å². The predicted molar refractivity (Wildman–Crippen MR) is 97.2 cm³/mol. The third-order valence-electron chi connectivity index (χ3n) is 4.41. The van der Waals surface area contributed by atoms with E-state index in [1.54, 1.807) is 0 Å². The van der Waals surface area contributed by atoms with E-state index in [1.165, 1.54) is 35.2 Å². The summed E-state index contributed by atoms with van der Waals surface area (Å²) in [6, 6.07) is 21.1. The molecule has 2 aromatic carbocycles. The summed E-state index contributed by atoms with van der Waals surface area (Å²) in [5.41, 5.74) is 3.89. The molecule has 2 rings (SSSR count). The average Bonchev–Trinajstić information content (AvgIpc) is 2.50. The van der Waals surface area contributed by atoms with Gasteiger partial charge in [-0.2, -0.15) is 5.26 Å². The van der Waals surface area contributed by atoms with Gasteiger partial charge in [0.1, 0.15) is 0 Å². The zero-order chi connectivity index (χ0) is 16.0. The summed E-state index contributed by atoms with van der Waals surface area (Å²) in [6.07, 6.45) is 2.93. The molecule has 0 amide bonds. The van der Waals surface area contributed by atoms with E-state index in [9.17, 15) is 0 Å². The highest BCUT2D eigenvalue weighted by molar-refractivity contribution is 6.89. The number of benzene rings is 2. The zero-order valence-corrected chi connectivity index (χ0v) is 14.9. The van der Waals surface area contributed by atoms with E-state index in [4.69, 9.17) is 5.26 Å². The van der Waals surface area contributed by atoms with Crippen LogP contribution in [0.5, 0.6) is 0 Å². The van der Waals surface area contributed by atoms with E-state index < -0.39 is 8.07 Å². The molecule has 0 aliphatic carbocycles. The number of rotatable bonds is 6. The Labute approximate surface area is 135 Å². The van der Waals surface area contributed by atoms with Crippen LogP contribution in [-0.2, 0) is 12.8 Å². The van der Waals surface area contributed by atoms with Gasteiger partial charge in [0.05, 0.1) is 20.6 Å². The van der Waals surface area contributed by atoms with Crippen molar-refractivity contribution >= 4 is 13.3 Å². The first kappa shape index (κ1) is 16.5. The Kier molecular flexibility index (Phi) is 5.57. The Balaban J connectivity index is 1.92. The standard InChI is InChI=1S/C20H25NSi/c1-17-6-8-18(9-7-17)5-4-16-22(2,3)20-12-10-19(11-13-20)14-15-21/h6-13H,4-5,14,16H2,1-3H3. The molecule has 0 saturated carbocycles. The van der Waals surface area contributed by atoms with Crippen LogP contribution in [0.3, 0.4) is 0 Å². The quantitative estimate of drug-likeness (QED) is 0.715. The lowest BCUT2D eigenvalue weighted by atomic mass is 10.1. The number of hydrogen-bond donors (Lipinski definition) is 0. The molecule has 0 unspecified atom stereocenters. The minimum Gasteiger partial charge on any atom is -0.198 e. The first-order chi connectivity index (χ1) is 10.5. The van der Waals surface area contributed by atoms with Crippen molar-refractivity contribution in [3.8, 4) is 6.07 Å². The Morgan fingerprint density at radius 2 is 1.50 bits per heavy atom. The van der Waals surface area contributed by atoms with Crippen LogP contribution in [0.15, 0.2) is 48.5 Å². The van der Waals surface area contributed by atoms with E-state index >= 15 is 0 Å². The second kappa shape index (κ2) is 7.42.